The van der Waals surface area contributed by atoms with Crippen LogP contribution in [0.15, 0.2) is 36.5 Å². The second-order valence-corrected chi connectivity index (χ2v) is 3.92. The molecule has 2 aromatic rings. The van der Waals surface area contributed by atoms with Gasteiger partial charge in [0.2, 0.25) is 5.88 Å². The maximum Gasteiger partial charge on any atom is 0.335 e. The van der Waals surface area contributed by atoms with E-state index in [0.717, 1.165) is 5.56 Å². The summed E-state index contributed by atoms with van der Waals surface area (Å²) in [5, 5.41) is 8.95. The average molecular weight is 259 g/mol. The number of rotatable bonds is 4. The van der Waals surface area contributed by atoms with Crippen LogP contribution in [0.25, 0.3) is 0 Å². The zero-order valence-electron chi connectivity index (χ0n) is 10.6. The van der Waals surface area contributed by atoms with Gasteiger partial charge in [0.1, 0.15) is 11.5 Å². The van der Waals surface area contributed by atoms with Gasteiger partial charge in [0, 0.05) is 6.07 Å². The highest BCUT2D eigenvalue weighted by Gasteiger charge is 2.08. The van der Waals surface area contributed by atoms with Crippen LogP contribution < -0.4 is 9.47 Å². The Labute approximate surface area is 110 Å². The lowest BCUT2D eigenvalue weighted by Gasteiger charge is -2.09. The van der Waals surface area contributed by atoms with Gasteiger partial charge >= 0.3 is 5.97 Å². The average Bonchev–Trinajstić information content (AvgIpc) is 2.42. The van der Waals surface area contributed by atoms with Gasteiger partial charge in [-0.15, -0.1) is 0 Å². The number of carboxylic acid groups (broad SMARTS) is 1. The fourth-order valence-electron chi connectivity index (χ4n) is 1.50. The summed E-state index contributed by atoms with van der Waals surface area (Å²) in [6.45, 7) is 1.84. The topological polar surface area (TPSA) is 68.7 Å². The smallest absolute Gasteiger partial charge is 0.335 e. The quantitative estimate of drug-likeness (QED) is 0.914. The van der Waals surface area contributed by atoms with Crippen molar-refractivity contribution in [1.29, 1.82) is 0 Å². The van der Waals surface area contributed by atoms with E-state index in [2.05, 4.69) is 4.98 Å². The maximum atomic E-state index is 10.9. The minimum absolute atomic E-state index is 0.175. The van der Waals surface area contributed by atoms with E-state index in [0.29, 0.717) is 17.4 Å². The van der Waals surface area contributed by atoms with Crippen LogP contribution in [0.5, 0.6) is 17.4 Å². The molecule has 1 N–H and O–H groups in total. The molecule has 0 atom stereocenters. The number of aromatic nitrogens is 1. The van der Waals surface area contributed by atoms with Crippen molar-refractivity contribution in [2.24, 2.45) is 0 Å². The molecule has 5 nitrogen and oxygen atoms in total. The molecule has 0 fully saturated rings. The Hall–Kier alpha value is -2.56. The first-order valence-corrected chi connectivity index (χ1v) is 5.62. The Balaban J connectivity index is 2.26. The number of hydrogen-bond acceptors (Lipinski definition) is 4. The van der Waals surface area contributed by atoms with Crippen molar-refractivity contribution in [2.45, 2.75) is 6.92 Å². The van der Waals surface area contributed by atoms with Crippen molar-refractivity contribution in [2.75, 3.05) is 7.11 Å². The second-order valence-electron chi connectivity index (χ2n) is 3.92. The Morgan fingerprint density at radius 3 is 2.63 bits per heavy atom. The number of ether oxygens (including phenoxy) is 2. The molecule has 0 aliphatic heterocycles. The van der Waals surface area contributed by atoms with Crippen LogP contribution >= 0.6 is 0 Å². The number of carboxylic acids is 1. The Morgan fingerprint density at radius 1 is 1.26 bits per heavy atom. The molecule has 19 heavy (non-hydrogen) atoms. The SMILES string of the molecule is COc1ccc(Oc2cc(C(=O)O)ccc2C)nc1. The summed E-state index contributed by atoms with van der Waals surface area (Å²) in [6, 6.07) is 8.09. The van der Waals surface area contributed by atoms with E-state index < -0.39 is 5.97 Å². The second kappa shape index (κ2) is 5.39. The standard InChI is InChI=1S/C14H13NO4/c1-9-3-4-10(14(16)17)7-12(9)19-13-6-5-11(18-2)8-15-13/h3-8H,1-2H3,(H,16,17). The fraction of sp³-hybridized carbons (Fsp3) is 0.143. The summed E-state index contributed by atoms with van der Waals surface area (Å²) in [7, 11) is 1.55. The highest BCUT2D eigenvalue weighted by atomic mass is 16.5. The molecule has 0 radical (unpaired) electrons. The highest BCUT2D eigenvalue weighted by Crippen LogP contribution is 2.25. The van der Waals surface area contributed by atoms with Gasteiger partial charge in [-0.2, -0.15) is 0 Å². The molecular weight excluding hydrogens is 246 g/mol. The Bertz CT molecular complexity index is 593. The lowest BCUT2D eigenvalue weighted by molar-refractivity contribution is 0.0696. The number of aryl methyl sites for hydroxylation is 1. The third-order valence-corrected chi connectivity index (χ3v) is 2.59. The highest BCUT2D eigenvalue weighted by molar-refractivity contribution is 5.88. The number of pyridine rings is 1. The van der Waals surface area contributed by atoms with E-state index in [1.165, 1.54) is 18.3 Å². The molecule has 0 saturated heterocycles. The van der Waals surface area contributed by atoms with Crippen molar-refractivity contribution < 1.29 is 19.4 Å². The van der Waals surface area contributed by atoms with Gasteiger partial charge in [0.25, 0.3) is 0 Å². The summed E-state index contributed by atoms with van der Waals surface area (Å²) in [4.78, 5) is 15.0. The minimum atomic E-state index is -0.993. The zero-order chi connectivity index (χ0) is 13.8. The molecule has 5 heteroatoms. The van der Waals surface area contributed by atoms with E-state index in [1.807, 2.05) is 6.92 Å². The molecule has 0 aliphatic rings. The first-order chi connectivity index (χ1) is 9.10. The summed E-state index contributed by atoms with van der Waals surface area (Å²) >= 11 is 0. The van der Waals surface area contributed by atoms with Crippen LogP contribution in [0.3, 0.4) is 0 Å². The zero-order valence-corrected chi connectivity index (χ0v) is 10.6. The number of aromatic carboxylic acids is 1. The number of nitrogens with zero attached hydrogens (tertiary/aromatic N) is 1. The van der Waals surface area contributed by atoms with Crippen molar-refractivity contribution in [3.05, 3.63) is 47.7 Å². The largest absolute Gasteiger partial charge is 0.495 e. The molecule has 2 rings (SSSR count). The summed E-state index contributed by atoms with van der Waals surface area (Å²) < 4.78 is 10.6. The molecular formula is C14H13NO4. The first-order valence-electron chi connectivity index (χ1n) is 5.62. The Morgan fingerprint density at radius 2 is 2.05 bits per heavy atom. The predicted molar refractivity (Wildman–Crippen MR) is 69.0 cm³/mol. The van der Waals surface area contributed by atoms with Crippen molar-refractivity contribution in [3.8, 4) is 17.4 Å². The van der Waals surface area contributed by atoms with Crippen LogP contribution in [0, 0.1) is 6.92 Å². The van der Waals surface area contributed by atoms with Gasteiger partial charge in [-0.1, -0.05) is 6.07 Å². The summed E-state index contributed by atoms with van der Waals surface area (Å²) in [6.07, 6.45) is 1.53. The van der Waals surface area contributed by atoms with Crippen LogP contribution in [0.4, 0.5) is 0 Å². The summed E-state index contributed by atoms with van der Waals surface area (Å²) in [5.41, 5.74) is 1.01. The molecule has 0 unspecified atom stereocenters. The normalized spacial score (nSPS) is 10.0. The molecule has 0 aliphatic carbocycles. The van der Waals surface area contributed by atoms with Gasteiger partial charge in [-0.05, 0) is 30.7 Å². The van der Waals surface area contributed by atoms with E-state index in [1.54, 1.807) is 25.3 Å². The minimum Gasteiger partial charge on any atom is -0.495 e. The van der Waals surface area contributed by atoms with Gasteiger partial charge in [0.05, 0.1) is 18.9 Å². The number of carbonyl (C=O) groups is 1. The molecule has 0 spiro atoms. The van der Waals surface area contributed by atoms with Gasteiger partial charge in [-0.25, -0.2) is 9.78 Å². The predicted octanol–water partition coefficient (Wildman–Crippen LogP) is 2.89. The van der Waals surface area contributed by atoms with Gasteiger partial charge in [-0.3, -0.25) is 0 Å². The third-order valence-electron chi connectivity index (χ3n) is 2.59. The third kappa shape index (κ3) is 3.01. The van der Waals surface area contributed by atoms with Gasteiger partial charge in [0.15, 0.2) is 0 Å². The molecule has 0 amide bonds. The summed E-state index contributed by atoms with van der Waals surface area (Å²) in [5.74, 6) is 0.486. The Kier molecular flexibility index (Phi) is 3.66. The van der Waals surface area contributed by atoms with Crippen LogP contribution in [-0.2, 0) is 0 Å². The molecule has 1 heterocycles. The molecule has 1 aromatic carbocycles. The van der Waals surface area contributed by atoms with E-state index in [-0.39, 0.29) is 5.56 Å². The lowest BCUT2D eigenvalue weighted by atomic mass is 10.1. The number of benzene rings is 1. The van der Waals surface area contributed by atoms with Crippen molar-refractivity contribution in [3.63, 3.8) is 0 Å². The van der Waals surface area contributed by atoms with Crippen LogP contribution in [0.2, 0.25) is 0 Å². The van der Waals surface area contributed by atoms with Crippen molar-refractivity contribution in [1.82, 2.24) is 4.98 Å². The first kappa shape index (κ1) is 12.9. The van der Waals surface area contributed by atoms with E-state index in [4.69, 9.17) is 14.6 Å². The molecule has 0 bridgehead atoms. The monoisotopic (exact) mass is 259 g/mol. The van der Waals surface area contributed by atoms with Crippen LogP contribution in [-0.4, -0.2) is 23.2 Å². The molecule has 0 saturated carbocycles. The van der Waals surface area contributed by atoms with E-state index >= 15 is 0 Å². The number of hydrogen-bond donors (Lipinski definition) is 1. The molecule has 1 aromatic heterocycles. The lowest BCUT2D eigenvalue weighted by Crippen LogP contribution is -1.98. The van der Waals surface area contributed by atoms with E-state index in [9.17, 15) is 4.79 Å². The van der Waals surface area contributed by atoms with Gasteiger partial charge < -0.3 is 14.6 Å². The van der Waals surface area contributed by atoms with Crippen molar-refractivity contribution >= 4 is 5.97 Å². The van der Waals surface area contributed by atoms with Crippen LogP contribution in [0.1, 0.15) is 15.9 Å². The fourth-order valence-corrected chi connectivity index (χ4v) is 1.50. The number of methoxy groups -OCH3 is 1. The molecule has 98 valence electrons. The maximum absolute atomic E-state index is 10.9.